The Morgan fingerprint density at radius 3 is 2.73 bits per heavy atom. The fraction of sp³-hybridized carbons (Fsp3) is 0.357. The van der Waals surface area contributed by atoms with Gasteiger partial charge in [-0.25, -0.2) is 4.39 Å². The molecule has 22 heavy (non-hydrogen) atoms. The van der Waals surface area contributed by atoms with Gasteiger partial charge < -0.3 is 9.26 Å². The molecule has 1 aliphatic rings. The van der Waals surface area contributed by atoms with Crippen LogP contribution in [-0.4, -0.2) is 30.2 Å². The van der Waals surface area contributed by atoms with Crippen molar-refractivity contribution in [1.29, 1.82) is 0 Å². The first-order valence-electron chi connectivity index (χ1n) is 6.48. The Balaban J connectivity index is 2.22. The summed E-state index contributed by atoms with van der Waals surface area (Å²) in [5, 5.41) is 3.53. The Morgan fingerprint density at radius 2 is 2.09 bits per heavy atom. The molecule has 0 saturated carbocycles. The fourth-order valence-electron chi connectivity index (χ4n) is 2.68. The molecule has 0 aliphatic carbocycles. The number of carbonyl (C=O) groups is 2. The molecule has 3 atom stereocenters. The molecule has 0 bridgehead atoms. The van der Waals surface area contributed by atoms with Gasteiger partial charge in [-0.1, -0.05) is 5.16 Å². The van der Waals surface area contributed by atoms with Gasteiger partial charge in [0.1, 0.15) is 17.7 Å². The summed E-state index contributed by atoms with van der Waals surface area (Å²) in [5.41, 5.74) is -1.12. The zero-order chi connectivity index (χ0) is 16.0. The molecular formula is C14H10F3NO4. The van der Waals surface area contributed by atoms with E-state index in [0.29, 0.717) is 0 Å². The van der Waals surface area contributed by atoms with E-state index in [9.17, 15) is 22.8 Å². The third-order valence-corrected chi connectivity index (χ3v) is 3.89. The summed E-state index contributed by atoms with van der Waals surface area (Å²) >= 11 is 0. The van der Waals surface area contributed by atoms with Crippen molar-refractivity contribution in [2.45, 2.75) is 18.9 Å². The maximum absolute atomic E-state index is 13.8. The average Bonchev–Trinajstić information content (AvgIpc) is 3.02. The van der Waals surface area contributed by atoms with E-state index >= 15 is 0 Å². The molecule has 2 aromatic rings. The number of aromatic nitrogens is 1. The van der Waals surface area contributed by atoms with E-state index in [1.54, 1.807) is 0 Å². The Bertz CT molecular complexity index is 773. The Kier molecular flexibility index (Phi) is 3.38. The zero-order valence-electron chi connectivity index (χ0n) is 11.3. The molecule has 1 unspecified atom stereocenters. The van der Waals surface area contributed by atoms with Crippen molar-refractivity contribution in [3.63, 3.8) is 0 Å². The van der Waals surface area contributed by atoms with Crippen molar-refractivity contribution in [2.24, 2.45) is 5.92 Å². The van der Waals surface area contributed by atoms with Crippen LogP contribution in [0.5, 0.6) is 0 Å². The second-order valence-corrected chi connectivity index (χ2v) is 5.09. The maximum Gasteiger partial charge on any atom is 0.315 e. The van der Waals surface area contributed by atoms with Crippen molar-refractivity contribution < 1.29 is 32.0 Å². The molecule has 1 aliphatic heterocycles. The van der Waals surface area contributed by atoms with Crippen LogP contribution in [0.3, 0.4) is 0 Å². The summed E-state index contributed by atoms with van der Waals surface area (Å²) in [7, 11) is 0. The van der Waals surface area contributed by atoms with Crippen molar-refractivity contribution in [3.05, 3.63) is 29.0 Å². The molecule has 2 heterocycles. The minimum absolute atomic E-state index is 0.0458. The van der Waals surface area contributed by atoms with Gasteiger partial charge in [0.15, 0.2) is 12.1 Å². The van der Waals surface area contributed by atoms with Gasteiger partial charge in [0, 0.05) is 11.3 Å². The van der Waals surface area contributed by atoms with E-state index in [1.807, 2.05) is 0 Å². The topological polar surface area (TPSA) is 69.4 Å². The number of hydrogen-bond acceptors (Lipinski definition) is 5. The van der Waals surface area contributed by atoms with Crippen molar-refractivity contribution in [1.82, 2.24) is 5.16 Å². The number of ether oxygens (including phenoxy) is 1. The van der Waals surface area contributed by atoms with E-state index in [2.05, 4.69) is 5.16 Å². The molecule has 116 valence electrons. The highest BCUT2D eigenvalue weighted by molar-refractivity contribution is 5.92. The molecule has 1 saturated heterocycles. The summed E-state index contributed by atoms with van der Waals surface area (Å²) in [6.45, 7) is 0.678. The number of halogens is 3. The Morgan fingerprint density at radius 1 is 1.36 bits per heavy atom. The predicted octanol–water partition coefficient (Wildman–Crippen LogP) is 2.53. The van der Waals surface area contributed by atoms with E-state index in [-0.39, 0.29) is 17.4 Å². The molecule has 1 aromatic carbocycles. The highest BCUT2D eigenvalue weighted by atomic mass is 19.2. The standard InChI is InChI=1S/C14H10F3NO4/c1-5-8(3-15)9(14(20)21-5)12-7-2-6(4-19)10(16)11(17)13(7)22-18-12/h2,4-5,8-9H,3H2,1H3/t5-,8+,9?/m1/s1. The fourth-order valence-corrected chi connectivity index (χ4v) is 2.68. The van der Waals surface area contributed by atoms with E-state index in [1.165, 1.54) is 6.92 Å². The SMILES string of the molecule is C[C@H]1OC(=O)C(c2noc3c(F)c(F)c(C=O)cc23)[C@H]1CF. The van der Waals surface area contributed by atoms with Crippen LogP contribution in [0.1, 0.15) is 28.9 Å². The summed E-state index contributed by atoms with van der Waals surface area (Å²) in [6.07, 6.45) is -0.540. The number of aldehydes is 1. The van der Waals surface area contributed by atoms with Crippen LogP contribution < -0.4 is 0 Å². The summed E-state index contributed by atoms with van der Waals surface area (Å²) in [6, 6.07) is 1.03. The van der Waals surface area contributed by atoms with Crippen molar-refractivity contribution >= 4 is 23.2 Å². The van der Waals surface area contributed by atoms with Crippen LogP contribution in [-0.2, 0) is 9.53 Å². The Hall–Kier alpha value is -2.38. The highest BCUT2D eigenvalue weighted by Crippen LogP contribution is 2.40. The van der Waals surface area contributed by atoms with Crippen molar-refractivity contribution in [2.75, 3.05) is 6.67 Å². The van der Waals surface area contributed by atoms with Gasteiger partial charge in [-0.05, 0) is 13.0 Å². The van der Waals surface area contributed by atoms with Crippen LogP contribution in [0.15, 0.2) is 10.6 Å². The van der Waals surface area contributed by atoms with Gasteiger partial charge >= 0.3 is 5.97 Å². The maximum atomic E-state index is 13.8. The van der Waals surface area contributed by atoms with E-state index in [0.717, 1.165) is 6.07 Å². The van der Waals surface area contributed by atoms with Gasteiger partial charge in [-0.15, -0.1) is 0 Å². The van der Waals surface area contributed by atoms with Gasteiger partial charge in [-0.3, -0.25) is 14.0 Å². The number of esters is 1. The molecule has 0 N–H and O–H groups in total. The first kappa shape index (κ1) is 14.6. The summed E-state index contributed by atoms with van der Waals surface area (Å²) < 4.78 is 50.3. The quantitative estimate of drug-likeness (QED) is 0.643. The molecule has 0 spiro atoms. The van der Waals surface area contributed by atoms with Gasteiger partial charge in [0.05, 0.1) is 12.2 Å². The lowest BCUT2D eigenvalue weighted by molar-refractivity contribution is -0.142. The number of alkyl halides is 1. The lowest BCUT2D eigenvalue weighted by atomic mass is 9.88. The number of benzene rings is 1. The first-order valence-corrected chi connectivity index (χ1v) is 6.48. The molecule has 3 rings (SSSR count). The van der Waals surface area contributed by atoms with Crippen LogP contribution >= 0.6 is 0 Å². The Labute approximate surface area is 122 Å². The summed E-state index contributed by atoms with van der Waals surface area (Å²) in [5.74, 6) is -5.37. The number of fused-ring (bicyclic) bond motifs is 1. The van der Waals surface area contributed by atoms with Crippen molar-refractivity contribution in [3.8, 4) is 0 Å². The minimum atomic E-state index is -1.38. The van der Waals surface area contributed by atoms with Crippen LogP contribution in [0, 0.1) is 17.6 Å². The van der Waals surface area contributed by atoms with E-state index < -0.39 is 53.4 Å². The number of rotatable bonds is 3. The van der Waals surface area contributed by atoms with E-state index in [4.69, 9.17) is 9.26 Å². The minimum Gasteiger partial charge on any atom is -0.462 e. The molecular weight excluding hydrogens is 303 g/mol. The lowest BCUT2D eigenvalue weighted by Gasteiger charge is -2.12. The molecule has 1 aromatic heterocycles. The number of carbonyl (C=O) groups excluding carboxylic acids is 2. The molecule has 0 radical (unpaired) electrons. The van der Waals surface area contributed by atoms with Gasteiger partial charge in [0.2, 0.25) is 11.4 Å². The first-order chi connectivity index (χ1) is 10.5. The second kappa shape index (κ2) is 5.11. The number of hydrogen-bond donors (Lipinski definition) is 0. The molecule has 5 nitrogen and oxygen atoms in total. The summed E-state index contributed by atoms with van der Waals surface area (Å²) in [4.78, 5) is 22.7. The van der Waals surface area contributed by atoms with Crippen LogP contribution in [0.25, 0.3) is 11.0 Å². The molecule has 0 amide bonds. The predicted molar refractivity (Wildman–Crippen MR) is 67.1 cm³/mol. The molecule has 1 fully saturated rings. The van der Waals surface area contributed by atoms with Crippen LogP contribution in [0.4, 0.5) is 13.2 Å². The number of cyclic esters (lactones) is 1. The largest absolute Gasteiger partial charge is 0.462 e. The lowest BCUT2D eigenvalue weighted by Crippen LogP contribution is -2.20. The number of nitrogens with zero attached hydrogens (tertiary/aromatic N) is 1. The highest BCUT2D eigenvalue weighted by Gasteiger charge is 2.46. The normalized spacial score (nSPS) is 24.7. The van der Waals surface area contributed by atoms with Gasteiger partial charge in [-0.2, -0.15) is 4.39 Å². The third kappa shape index (κ3) is 1.90. The zero-order valence-corrected chi connectivity index (χ0v) is 11.3. The van der Waals surface area contributed by atoms with Gasteiger partial charge in [0.25, 0.3) is 0 Å². The second-order valence-electron chi connectivity index (χ2n) is 5.09. The monoisotopic (exact) mass is 313 g/mol. The third-order valence-electron chi connectivity index (χ3n) is 3.89. The smallest absolute Gasteiger partial charge is 0.315 e. The molecule has 8 heteroatoms. The van der Waals surface area contributed by atoms with Crippen LogP contribution in [0.2, 0.25) is 0 Å². The average molecular weight is 313 g/mol.